The number of amides is 1. The van der Waals surface area contributed by atoms with Crippen LogP contribution in [-0.2, 0) is 0 Å². The standard InChI is InChI=1S/C23H26N4O2/c1-19-18-22(24-27(19)20-8-4-2-5-9-20)23(28)26-14-12-25(13-15-26)16-17-29-21-10-6-3-7-11-21/h2-11,18H,12-17H2,1H3. The van der Waals surface area contributed by atoms with Crippen LogP contribution < -0.4 is 4.74 Å². The van der Waals surface area contributed by atoms with E-state index in [-0.39, 0.29) is 5.91 Å². The number of ether oxygens (including phenoxy) is 1. The molecule has 6 heteroatoms. The molecular weight excluding hydrogens is 364 g/mol. The molecule has 0 spiro atoms. The number of hydrogen-bond acceptors (Lipinski definition) is 4. The number of rotatable bonds is 6. The first-order valence-electron chi connectivity index (χ1n) is 10.0. The fraction of sp³-hybridized carbons (Fsp3) is 0.304. The van der Waals surface area contributed by atoms with Crippen molar-refractivity contribution >= 4 is 5.91 Å². The van der Waals surface area contributed by atoms with Gasteiger partial charge in [-0.1, -0.05) is 36.4 Å². The summed E-state index contributed by atoms with van der Waals surface area (Å²) in [6.45, 7) is 6.60. The molecular formula is C23H26N4O2. The van der Waals surface area contributed by atoms with E-state index in [1.807, 2.05) is 83.2 Å². The quantitative estimate of drug-likeness (QED) is 0.649. The largest absolute Gasteiger partial charge is 0.492 e. The summed E-state index contributed by atoms with van der Waals surface area (Å²) in [5.74, 6) is 0.897. The van der Waals surface area contributed by atoms with Gasteiger partial charge in [0.1, 0.15) is 12.4 Å². The van der Waals surface area contributed by atoms with Crippen LogP contribution in [0.25, 0.3) is 5.69 Å². The first kappa shape index (κ1) is 19.2. The van der Waals surface area contributed by atoms with Crippen LogP contribution in [0.15, 0.2) is 66.7 Å². The minimum atomic E-state index is 0.00275. The van der Waals surface area contributed by atoms with Crippen LogP contribution in [-0.4, -0.2) is 64.8 Å². The molecule has 2 aromatic carbocycles. The zero-order valence-corrected chi connectivity index (χ0v) is 16.7. The average molecular weight is 390 g/mol. The van der Waals surface area contributed by atoms with Gasteiger partial charge in [-0.3, -0.25) is 9.69 Å². The number of aryl methyl sites for hydroxylation is 1. The van der Waals surface area contributed by atoms with Gasteiger partial charge in [-0.2, -0.15) is 5.10 Å². The molecule has 1 saturated heterocycles. The van der Waals surface area contributed by atoms with Gasteiger partial charge in [0.25, 0.3) is 5.91 Å². The molecule has 1 aliphatic rings. The predicted octanol–water partition coefficient (Wildman–Crippen LogP) is 3.02. The third-order valence-corrected chi connectivity index (χ3v) is 5.19. The van der Waals surface area contributed by atoms with E-state index in [1.165, 1.54) is 0 Å². The molecule has 0 saturated carbocycles. The lowest BCUT2D eigenvalue weighted by molar-refractivity contribution is 0.0614. The Balaban J connectivity index is 1.29. The molecule has 0 radical (unpaired) electrons. The Hall–Kier alpha value is -3.12. The van der Waals surface area contributed by atoms with Gasteiger partial charge in [-0.25, -0.2) is 4.68 Å². The van der Waals surface area contributed by atoms with E-state index in [2.05, 4.69) is 10.00 Å². The fourth-order valence-corrected chi connectivity index (χ4v) is 3.56. The van der Waals surface area contributed by atoms with Crippen LogP contribution in [0.4, 0.5) is 0 Å². The van der Waals surface area contributed by atoms with Gasteiger partial charge in [0.15, 0.2) is 5.69 Å². The number of para-hydroxylation sites is 2. The van der Waals surface area contributed by atoms with Gasteiger partial charge in [0.05, 0.1) is 5.69 Å². The lowest BCUT2D eigenvalue weighted by Gasteiger charge is -2.34. The Morgan fingerprint density at radius 3 is 2.31 bits per heavy atom. The Morgan fingerprint density at radius 2 is 1.62 bits per heavy atom. The third kappa shape index (κ3) is 4.66. The molecule has 2 heterocycles. The van der Waals surface area contributed by atoms with E-state index in [1.54, 1.807) is 0 Å². The Labute approximate surface area is 171 Å². The van der Waals surface area contributed by atoms with Crippen LogP contribution in [0.3, 0.4) is 0 Å². The fourth-order valence-electron chi connectivity index (χ4n) is 3.56. The summed E-state index contributed by atoms with van der Waals surface area (Å²) >= 11 is 0. The van der Waals surface area contributed by atoms with Gasteiger partial charge in [0, 0.05) is 38.4 Å². The van der Waals surface area contributed by atoms with Gasteiger partial charge in [-0.15, -0.1) is 0 Å². The molecule has 1 fully saturated rings. The van der Waals surface area contributed by atoms with Crippen LogP contribution in [0.2, 0.25) is 0 Å². The second-order valence-corrected chi connectivity index (χ2v) is 7.21. The third-order valence-electron chi connectivity index (χ3n) is 5.19. The summed E-state index contributed by atoms with van der Waals surface area (Å²) in [5.41, 5.74) is 2.43. The maximum Gasteiger partial charge on any atom is 0.274 e. The van der Waals surface area contributed by atoms with Crippen LogP contribution in [0.1, 0.15) is 16.2 Å². The summed E-state index contributed by atoms with van der Waals surface area (Å²) in [4.78, 5) is 17.1. The molecule has 1 aliphatic heterocycles. The van der Waals surface area contributed by atoms with E-state index < -0.39 is 0 Å². The monoisotopic (exact) mass is 390 g/mol. The minimum Gasteiger partial charge on any atom is -0.492 e. The summed E-state index contributed by atoms with van der Waals surface area (Å²) in [6, 6.07) is 21.6. The van der Waals surface area contributed by atoms with Crippen molar-refractivity contribution in [1.82, 2.24) is 19.6 Å². The van der Waals surface area contributed by atoms with E-state index in [0.29, 0.717) is 25.4 Å². The smallest absolute Gasteiger partial charge is 0.274 e. The number of carbonyl (C=O) groups excluding carboxylic acids is 1. The highest BCUT2D eigenvalue weighted by Crippen LogP contribution is 2.14. The lowest BCUT2D eigenvalue weighted by atomic mass is 10.2. The van der Waals surface area contributed by atoms with Crippen molar-refractivity contribution in [2.45, 2.75) is 6.92 Å². The molecule has 4 rings (SSSR count). The van der Waals surface area contributed by atoms with Gasteiger partial charge in [0.2, 0.25) is 0 Å². The number of piperazine rings is 1. The van der Waals surface area contributed by atoms with Crippen molar-refractivity contribution in [2.75, 3.05) is 39.3 Å². The van der Waals surface area contributed by atoms with Crippen molar-refractivity contribution in [1.29, 1.82) is 0 Å². The van der Waals surface area contributed by atoms with Crippen molar-refractivity contribution in [3.8, 4) is 11.4 Å². The van der Waals surface area contributed by atoms with Crippen molar-refractivity contribution in [2.24, 2.45) is 0 Å². The molecule has 1 amide bonds. The SMILES string of the molecule is Cc1cc(C(=O)N2CCN(CCOc3ccccc3)CC2)nn1-c1ccccc1. The van der Waals surface area contributed by atoms with Crippen LogP contribution in [0.5, 0.6) is 5.75 Å². The molecule has 150 valence electrons. The zero-order valence-electron chi connectivity index (χ0n) is 16.7. The van der Waals surface area contributed by atoms with Crippen LogP contribution >= 0.6 is 0 Å². The van der Waals surface area contributed by atoms with Crippen molar-refractivity contribution in [3.63, 3.8) is 0 Å². The molecule has 1 aromatic heterocycles. The molecule has 0 atom stereocenters. The molecule has 6 nitrogen and oxygen atoms in total. The average Bonchev–Trinajstić information content (AvgIpc) is 3.17. The highest BCUT2D eigenvalue weighted by atomic mass is 16.5. The second kappa shape index (κ2) is 8.92. The van der Waals surface area contributed by atoms with Gasteiger partial charge in [-0.05, 0) is 37.3 Å². The summed E-state index contributed by atoms with van der Waals surface area (Å²) in [6.07, 6.45) is 0. The number of aromatic nitrogens is 2. The normalized spacial score (nSPS) is 14.7. The Bertz CT molecular complexity index is 932. The maximum atomic E-state index is 12.9. The highest BCUT2D eigenvalue weighted by Gasteiger charge is 2.24. The van der Waals surface area contributed by atoms with Crippen molar-refractivity contribution in [3.05, 3.63) is 78.1 Å². The van der Waals surface area contributed by atoms with Crippen molar-refractivity contribution < 1.29 is 9.53 Å². The number of benzene rings is 2. The number of hydrogen-bond donors (Lipinski definition) is 0. The highest BCUT2D eigenvalue weighted by molar-refractivity contribution is 5.92. The van der Waals surface area contributed by atoms with E-state index in [9.17, 15) is 4.79 Å². The molecule has 0 bridgehead atoms. The number of nitrogens with zero attached hydrogens (tertiary/aromatic N) is 4. The predicted molar refractivity (Wildman–Crippen MR) is 113 cm³/mol. The molecule has 0 unspecified atom stereocenters. The first-order valence-corrected chi connectivity index (χ1v) is 10.0. The molecule has 29 heavy (non-hydrogen) atoms. The zero-order chi connectivity index (χ0) is 20.1. The van der Waals surface area contributed by atoms with E-state index in [0.717, 1.165) is 36.8 Å². The molecule has 3 aromatic rings. The van der Waals surface area contributed by atoms with E-state index in [4.69, 9.17) is 4.74 Å². The number of carbonyl (C=O) groups is 1. The first-order chi connectivity index (χ1) is 14.2. The minimum absolute atomic E-state index is 0.00275. The maximum absolute atomic E-state index is 12.9. The summed E-state index contributed by atoms with van der Waals surface area (Å²) < 4.78 is 7.60. The Kier molecular flexibility index (Phi) is 5.91. The van der Waals surface area contributed by atoms with Crippen LogP contribution in [0, 0.1) is 6.92 Å². The Morgan fingerprint density at radius 1 is 0.966 bits per heavy atom. The van der Waals surface area contributed by atoms with E-state index >= 15 is 0 Å². The molecule has 0 N–H and O–H groups in total. The van der Waals surface area contributed by atoms with Gasteiger partial charge < -0.3 is 9.64 Å². The summed E-state index contributed by atoms with van der Waals surface area (Å²) in [5, 5.41) is 4.55. The van der Waals surface area contributed by atoms with Gasteiger partial charge >= 0.3 is 0 Å². The second-order valence-electron chi connectivity index (χ2n) is 7.21. The topological polar surface area (TPSA) is 50.6 Å². The summed E-state index contributed by atoms with van der Waals surface area (Å²) in [7, 11) is 0. The lowest BCUT2D eigenvalue weighted by Crippen LogP contribution is -2.49. The molecule has 0 aliphatic carbocycles.